The van der Waals surface area contributed by atoms with Crippen molar-refractivity contribution < 1.29 is 9.47 Å². The van der Waals surface area contributed by atoms with Gasteiger partial charge >= 0.3 is 0 Å². The van der Waals surface area contributed by atoms with Crippen LogP contribution in [0.2, 0.25) is 0 Å². The molecule has 1 aliphatic rings. The van der Waals surface area contributed by atoms with Crippen molar-refractivity contribution in [2.24, 2.45) is 5.73 Å². The van der Waals surface area contributed by atoms with Crippen molar-refractivity contribution >= 4 is 0 Å². The van der Waals surface area contributed by atoms with Crippen molar-refractivity contribution in [1.29, 1.82) is 0 Å². The van der Waals surface area contributed by atoms with Gasteiger partial charge < -0.3 is 15.2 Å². The number of nitrogens with two attached hydrogens (primary N) is 1. The molecule has 1 atom stereocenters. The molecule has 0 bridgehead atoms. The summed E-state index contributed by atoms with van der Waals surface area (Å²) in [5.74, 6) is 1.67. The van der Waals surface area contributed by atoms with Gasteiger partial charge in [-0.05, 0) is 26.0 Å². The second kappa shape index (κ2) is 6.07. The lowest BCUT2D eigenvalue weighted by Gasteiger charge is -2.33. The normalized spacial score (nSPS) is 18.4. The largest absolute Gasteiger partial charge is 0.486 e. The number of rotatable bonds is 5. The summed E-state index contributed by atoms with van der Waals surface area (Å²) in [6, 6.07) is 8.27. The molecule has 4 nitrogen and oxygen atoms in total. The van der Waals surface area contributed by atoms with Crippen LogP contribution in [0.1, 0.15) is 13.8 Å². The second-order valence-corrected chi connectivity index (χ2v) is 4.87. The van der Waals surface area contributed by atoms with Crippen LogP contribution in [-0.2, 0) is 0 Å². The van der Waals surface area contributed by atoms with E-state index in [1.54, 1.807) is 0 Å². The molecule has 100 valence electrons. The van der Waals surface area contributed by atoms with Crippen molar-refractivity contribution in [2.75, 3.05) is 26.2 Å². The third-order valence-corrected chi connectivity index (χ3v) is 3.15. The SMILES string of the molecule is CC(C)N(CCN)CC1COc2ccccc2O1. The Labute approximate surface area is 109 Å². The van der Waals surface area contributed by atoms with Crippen LogP contribution in [0, 0.1) is 0 Å². The predicted molar refractivity (Wildman–Crippen MR) is 72.1 cm³/mol. The van der Waals surface area contributed by atoms with Gasteiger partial charge in [-0.25, -0.2) is 0 Å². The van der Waals surface area contributed by atoms with Gasteiger partial charge in [0.25, 0.3) is 0 Å². The minimum absolute atomic E-state index is 0.0776. The van der Waals surface area contributed by atoms with Gasteiger partial charge in [0.05, 0.1) is 0 Å². The summed E-state index contributed by atoms with van der Waals surface area (Å²) in [4.78, 5) is 2.32. The molecule has 0 aliphatic carbocycles. The summed E-state index contributed by atoms with van der Waals surface area (Å²) in [5.41, 5.74) is 5.64. The summed E-state index contributed by atoms with van der Waals surface area (Å²) >= 11 is 0. The molecule has 18 heavy (non-hydrogen) atoms. The van der Waals surface area contributed by atoms with Crippen LogP contribution in [0.15, 0.2) is 24.3 Å². The first-order valence-electron chi connectivity index (χ1n) is 6.53. The lowest BCUT2D eigenvalue weighted by atomic mass is 10.2. The molecule has 0 aromatic heterocycles. The lowest BCUT2D eigenvalue weighted by molar-refractivity contribution is 0.0507. The van der Waals surface area contributed by atoms with Crippen LogP contribution in [0.4, 0.5) is 0 Å². The van der Waals surface area contributed by atoms with Crippen molar-refractivity contribution in [3.63, 3.8) is 0 Å². The quantitative estimate of drug-likeness (QED) is 0.860. The molecule has 2 N–H and O–H groups in total. The highest BCUT2D eigenvalue weighted by Gasteiger charge is 2.23. The maximum atomic E-state index is 5.95. The third kappa shape index (κ3) is 3.15. The number of ether oxygens (including phenoxy) is 2. The summed E-state index contributed by atoms with van der Waals surface area (Å²) < 4.78 is 11.7. The van der Waals surface area contributed by atoms with Crippen LogP contribution < -0.4 is 15.2 Å². The molecule has 1 unspecified atom stereocenters. The maximum Gasteiger partial charge on any atom is 0.161 e. The molecule has 1 aromatic rings. The zero-order valence-electron chi connectivity index (χ0n) is 11.1. The fraction of sp³-hybridized carbons (Fsp3) is 0.571. The Bertz CT molecular complexity index is 382. The Morgan fingerprint density at radius 2 is 2.06 bits per heavy atom. The Hall–Kier alpha value is -1.26. The Kier molecular flexibility index (Phi) is 4.44. The van der Waals surface area contributed by atoms with E-state index in [9.17, 15) is 0 Å². The van der Waals surface area contributed by atoms with E-state index < -0.39 is 0 Å². The summed E-state index contributed by atoms with van der Waals surface area (Å²) in [6.07, 6.45) is 0.0776. The number of hydrogen-bond donors (Lipinski definition) is 1. The van der Waals surface area contributed by atoms with Crippen LogP contribution in [-0.4, -0.2) is 43.3 Å². The van der Waals surface area contributed by atoms with Crippen molar-refractivity contribution in [2.45, 2.75) is 26.0 Å². The summed E-state index contributed by atoms with van der Waals surface area (Å²) in [7, 11) is 0. The number of para-hydroxylation sites is 2. The number of fused-ring (bicyclic) bond motifs is 1. The molecular weight excluding hydrogens is 228 g/mol. The minimum Gasteiger partial charge on any atom is -0.486 e. The Morgan fingerprint density at radius 3 is 2.72 bits per heavy atom. The van der Waals surface area contributed by atoms with Gasteiger partial charge in [-0.15, -0.1) is 0 Å². The molecule has 0 saturated heterocycles. The van der Waals surface area contributed by atoms with E-state index in [1.807, 2.05) is 24.3 Å². The fourth-order valence-corrected chi connectivity index (χ4v) is 2.14. The monoisotopic (exact) mass is 250 g/mol. The van der Waals surface area contributed by atoms with Crippen LogP contribution in [0.5, 0.6) is 11.5 Å². The molecule has 0 saturated carbocycles. The van der Waals surface area contributed by atoms with Crippen LogP contribution in [0.3, 0.4) is 0 Å². The van der Waals surface area contributed by atoms with Crippen molar-refractivity contribution in [3.05, 3.63) is 24.3 Å². The fourth-order valence-electron chi connectivity index (χ4n) is 2.14. The topological polar surface area (TPSA) is 47.7 Å². The number of nitrogens with zero attached hydrogens (tertiary/aromatic N) is 1. The molecule has 1 aromatic carbocycles. The molecular formula is C14H22N2O2. The van der Waals surface area contributed by atoms with E-state index in [0.717, 1.165) is 24.6 Å². The molecule has 1 heterocycles. The van der Waals surface area contributed by atoms with Gasteiger partial charge in [-0.1, -0.05) is 12.1 Å². The summed E-state index contributed by atoms with van der Waals surface area (Å²) in [5, 5.41) is 0. The Balaban J connectivity index is 1.96. The van der Waals surface area contributed by atoms with Gasteiger partial charge in [0.1, 0.15) is 12.7 Å². The highest BCUT2D eigenvalue weighted by atomic mass is 16.6. The first-order chi connectivity index (χ1) is 8.70. The minimum atomic E-state index is 0.0776. The smallest absolute Gasteiger partial charge is 0.161 e. The van der Waals surface area contributed by atoms with Crippen LogP contribution in [0.25, 0.3) is 0 Å². The van der Waals surface area contributed by atoms with Crippen molar-refractivity contribution in [3.8, 4) is 11.5 Å². The molecule has 0 spiro atoms. The number of benzene rings is 1. The van der Waals surface area contributed by atoms with Gasteiger partial charge in [0, 0.05) is 25.7 Å². The van der Waals surface area contributed by atoms with E-state index in [1.165, 1.54) is 0 Å². The highest BCUT2D eigenvalue weighted by molar-refractivity contribution is 5.40. The molecule has 0 amide bonds. The van der Waals surface area contributed by atoms with Gasteiger partial charge in [-0.3, -0.25) is 4.90 Å². The lowest BCUT2D eigenvalue weighted by Crippen LogP contribution is -2.45. The van der Waals surface area contributed by atoms with Gasteiger partial charge in [0.15, 0.2) is 11.5 Å². The molecule has 0 fully saturated rings. The highest BCUT2D eigenvalue weighted by Crippen LogP contribution is 2.31. The van der Waals surface area contributed by atoms with E-state index >= 15 is 0 Å². The first-order valence-corrected chi connectivity index (χ1v) is 6.53. The molecule has 4 heteroatoms. The van der Waals surface area contributed by atoms with Crippen molar-refractivity contribution in [1.82, 2.24) is 4.90 Å². The summed E-state index contributed by atoms with van der Waals surface area (Å²) in [6.45, 7) is 7.36. The first kappa shape index (κ1) is 13.2. The standard InChI is InChI=1S/C14H22N2O2/c1-11(2)16(8-7-15)9-12-10-17-13-5-3-4-6-14(13)18-12/h3-6,11-12H,7-10,15H2,1-2H3. The van der Waals surface area contributed by atoms with Crippen LogP contribution >= 0.6 is 0 Å². The number of hydrogen-bond acceptors (Lipinski definition) is 4. The average Bonchev–Trinajstić information content (AvgIpc) is 2.38. The maximum absolute atomic E-state index is 5.95. The Morgan fingerprint density at radius 1 is 1.33 bits per heavy atom. The van der Waals surface area contributed by atoms with Gasteiger partial charge in [-0.2, -0.15) is 0 Å². The second-order valence-electron chi connectivity index (χ2n) is 4.87. The zero-order valence-corrected chi connectivity index (χ0v) is 11.1. The molecule has 0 radical (unpaired) electrons. The molecule has 2 rings (SSSR count). The van der Waals surface area contributed by atoms with E-state index in [4.69, 9.17) is 15.2 Å². The zero-order chi connectivity index (χ0) is 13.0. The van der Waals surface area contributed by atoms with Gasteiger partial charge in [0.2, 0.25) is 0 Å². The molecule has 1 aliphatic heterocycles. The third-order valence-electron chi connectivity index (χ3n) is 3.15. The van der Waals surface area contributed by atoms with E-state index in [2.05, 4.69) is 18.7 Å². The average molecular weight is 250 g/mol. The van der Waals surface area contributed by atoms with E-state index in [0.29, 0.717) is 19.2 Å². The van der Waals surface area contributed by atoms with E-state index in [-0.39, 0.29) is 6.10 Å². The predicted octanol–water partition coefficient (Wildman–Crippen LogP) is 1.50.